The van der Waals surface area contributed by atoms with Crippen molar-refractivity contribution in [1.82, 2.24) is 20.2 Å². The second-order valence-electron chi connectivity index (χ2n) is 5.91. The zero-order valence-corrected chi connectivity index (χ0v) is 16.1. The number of sulfone groups is 1. The van der Waals surface area contributed by atoms with Crippen molar-refractivity contribution in [2.24, 2.45) is 0 Å². The van der Waals surface area contributed by atoms with Gasteiger partial charge in [0.15, 0.2) is 0 Å². The first-order valence-corrected chi connectivity index (χ1v) is 10.3. The van der Waals surface area contributed by atoms with E-state index >= 15 is 0 Å². The van der Waals surface area contributed by atoms with Crippen molar-refractivity contribution in [2.75, 3.05) is 11.2 Å². The van der Waals surface area contributed by atoms with Crippen LogP contribution >= 0.6 is 23.2 Å². The molecular formula is C16H11Cl2N5O3S. The number of aromatic nitrogens is 4. The third kappa shape index (κ3) is 3.07. The predicted octanol–water partition coefficient (Wildman–Crippen LogP) is 2.74. The molecule has 0 bridgehead atoms. The number of nitrogens with zero attached hydrogens (tertiary/aromatic N) is 4. The molecule has 138 valence electrons. The number of nitrogens with one attached hydrogen (secondary N) is 1. The van der Waals surface area contributed by atoms with Crippen molar-refractivity contribution in [2.45, 2.75) is 11.7 Å². The van der Waals surface area contributed by atoms with E-state index in [4.69, 9.17) is 23.2 Å². The van der Waals surface area contributed by atoms with Crippen LogP contribution in [0.4, 0.5) is 5.82 Å². The molecule has 1 amide bonds. The van der Waals surface area contributed by atoms with E-state index < -0.39 is 20.9 Å². The number of H-pyrrole nitrogens is 1. The smallest absolute Gasteiger partial charge is 0.278 e. The summed E-state index contributed by atoms with van der Waals surface area (Å²) in [6, 6.07) is 6.39. The molecule has 1 N–H and O–H groups in total. The topological polar surface area (TPSA) is 109 Å². The fraction of sp³-hybridized carbons (Fsp3) is 0.125. The van der Waals surface area contributed by atoms with E-state index in [9.17, 15) is 13.2 Å². The summed E-state index contributed by atoms with van der Waals surface area (Å²) in [6.07, 6.45) is 2.49. The lowest BCUT2D eigenvalue weighted by molar-refractivity contribution is 0.0991. The molecule has 0 radical (unpaired) electrons. The minimum atomic E-state index is -3.75. The van der Waals surface area contributed by atoms with Crippen molar-refractivity contribution in [3.63, 3.8) is 0 Å². The van der Waals surface area contributed by atoms with E-state index in [0.29, 0.717) is 22.0 Å². The lowest BCUT2D eigenvalue weighted by Crippen LogP contribution is -2.24. The van der Waals surface area contributed by atoms with E-state index in [2.05, 4.69) is 20.2 Å². The summed E-state index contributed by atoms with van der Waals surface area (Å²) >= 11 is 12.2. The van der Waals surface area contributed by atoms with Crippen LogP contribution in [0.15, 0.2) is 35.6 Å². The average molecular weight is 424 g/mol. The second kappa shape index (κ2) is 6.29. The number of carbonyl (C=O) groups is 1. The zero-order valence-electron chi connectivity index (χ0n) is 13.8. The van der Waals surface area contributed by atoms with Gasteiger partial charge in [-0.15, -0.1) is 0 Å². The summed E-state index contributed by atoms with van der Waals surface area (Å²) in [7, 11) is -3.75. The quantitative estimate of drug-likeness (QED) is 0.648. The van der Waals surface area contributed by atoms with Crippen molar-refractivity contribution in [3.8, 4) is 11.3 Å². The standard InChI is InChI=1S/C16H11Cl2N5O3S/c1-27(25,26)16-20-13(9-3-2-8(17)6-11(9)18)10-7-23(12-4-5-19-22-12)15(24)14(10)21-16/h2-6H,7H2,1H3,(H,19,22). The second-order valence-corrected chi connectivity index (χ2v) is 8.66. The number of amides is 1. The lowest BCUT2D eigenvalue weighted by Gasteiger charge is -2.12. The molecule has 11 heteroatoms. The largest absolute Gasteiger partial charge is 0.287 e. The van der Waals surface area contributed by atoms with Gasteiger partial charge < -0.3 is 0 Å². The van der Waals surface area contributed by atoms with Crippen molar-refractivity contribution in [3.05, 3.63) is 51.8 Å². The molecule has 0 unspecified atom stereocenters. The van der Waals surface area contributed by atoms with Gasteiger partial charge in [0.2, 0.25) is 15.0 Å². The number of halogens is 2. The van der Waals surface area contributed by atoms with Crippen LogP contribution in [0.1, 0.15) is 16.1 Å². The summed E-state index contributed by atoms with van der Waals surface area (Å²) in [4.78, 5) is 22.4. The van der Waals surface area contributed by atoms with E-state index in [0.717, 1.165) is 6.26 Å². The maximum atomic E-state index is 12.8. The molecule has 1 aromatic carbocycles. The Morgan fingerprint density at radius 1 is 1.15 bits per heavy atom. The van der Waals surface area contributed by atoms with Gasteiger partial charge in [-0.1, -0.05) is 23.2 Å². The van der Waals surface area contributed by atoms with E-state index in [1.165, 1.54) is 17.2 Å². The highest BCUT2D eigenvalue weighted by molar-refractivity contribution is 7.90. The normalized spacial score (nSPS) is 13.9. The third-order valence-electron chi connectivity index (χ3n) is 4.05. The van der Waals surface area contributed by atoms with Crippen molar-refractivity contribution >= 4 is 44.8 Å². The SMILES string of the molecule is CS(=O)(=O)c1nc2c(c(-c3ccc(Cl)cc3Cl)n1)CN(c1ccn[nH]1)C2=O. The first-order chi connectivity index (χ1) is 12.8. The summed E-state index contributed by atoms with van der Waals surface area (Å²) in [5.41, 5.74) is 1.23. The molecule has 0 fully saturated rings. The molecule has 1 aliphatic rings. The van der Waals surface area contributed by atoms with Gasteiger partial charge in [-0.25, -0.2) is 18.4 Å². The van der Waals surface area contributed by atoms with Crippen LogP contribution in [0.5, 0.6) is 0 Å². The molecule has 0 spiro atoms. The van der Waals surface area contributed by atoms with Gasteiger partial charge >= 0.3 is 0 Å². The van der Waals surface area contributed by atoms with E-state index in [-0.39, 0.29) is 23.0 Å². The molecule has 0 atom stereocenters. The highest BCUT2D eigenvalue weighted by Crippen LogP contribution is 2.37. The van der Waals surface area contributed by atoms with Crippen LogP contribution in [0, 0.1) is 0 Å². The van der Waals surface area contributed by atoms with E-state index in [1.54, 1.807) is 18.2 Å². The van der Waals surface area contributed by atoms with Gasteiger partial charge in [0.05, 0.1) is 23.5 Å². The maximum Gasteiger partial charge on any atom is 0.278 e. The number of rotatable bonds is 3. The number of aromatic amines is 1. The fourth-order valence-electron chi connectivity index (χ4n) is 2.81. The van der Waals surface area contributed by atoms with E-state index in [1.807, 2.05) is 0 Å². The predicted molar refractivity (Wildman–Crippen MR) is 99.7 cm³/mol. The van der Waals surface area contributed by atoms with Gasteiger partial charge in [0, 0.05) is 28.5 Å². The Morgan fingerprint density at radius 3 is 2.52 bits per heavy atom. The summed E-state index contributed by atoms with van der Waals surface area (Å²) in [6.45, 7) is 0.148. The number of fused-ring (bicyclic) bond motifs is 1. The Bertz CT molecular complexity index is 1180. The average Bonchev–Trinajstić information content (AvgIpc) is 3.22. The van der Waals surface area contributed by atoms with Gasteiger partial charge in [0.25, 0.3) is 5.91 Å². The molecule has 0 saturated heterocycles. The first-order valence-electron chi connectivity index (χ1n) is 7.63. The Balaban J connectivity index is 1.97. The highest BCUT2D eigenvalue weighted by Gasteiger charge is 2.36. The minimum absolute atomic E-state index is 0.0149. The molecule has 3 heterocycles. The number of carbonyl (C=O) groups excluding carboxylic acids is 1. The van der Waals surface area contributed by atoms with Gasteiger partial charge in [0.1, 0.15) is 11.5 Å². The molecule has 4 rings (SSSR count). The van der Waals surface area contributed by atoms with Crippen molar-refractivity contribution < 1.29 is 13.2 Å². The Labute approximate surface area is 164 Å². The molecule has 0 saturated carbocycles. The summed E-state index contributed by atoms with van der Waals surface area (Å²) < 4.78 is 24.1. The zero-order chi connectivity index (χ0) is 19.3. The highest BCUT2D eigenvalue weighted by atomic mass is 35.5. The van der Waals surface area contributed by atoms with Crippen LogP contribution in [0.25, 0.3) is 11.3 Å². The van der Waals surface area contributed by atoms with Gasteiger partial charge in [-0.2, -0.15) is 5.10 Å². The summed E-state index contributed by atoms with van der Waals surface area (Å²) in [5, 5.41) is 6.82. The molecule has 2 aromatic heterocycles. The van der Waals surface area contributed by atoms with Gasteiger partial charge in [-0.3, -0.25) is 14.8 Å². The summed E-state index contributed by atoms with van der Waals surface area (Å²) in [5.74, 6) is 0.0138. The Hall–Kier alpha value is -2.49. The molecule has 0 aliphatic carbocycles. The Morgan fingerprint density at radius 2 is 1.89 bits per heavy atom. The van der Waals surface area contributed by atoms with Crippen molar-refractivity contribution in [1.29, 1.82) is 0 Å². The van der Waals surface area contributed by atoms with Gasteiger partial charge in [-0.05, 0) is 18.2 Å². The van der Waals surface area contributed by atoms with Crippen LogP contribution < -0.4 is 4.90 Å². The number of anilines is 1. The first kappa shape index (κ1) is 17.9. The number of benzene rings is 1. The molecule has 27 heavy (non-hydrogen) atoms. The molecular weight excluding hydrogens is 413 g/mol. The third-order valence-corrected chi connectivity index (χ3v) is 5.44. The van der Waals surface area contributed by atoms with Crippen LogP contribution in [0.2, 0.25) is 10.0 Å². The Kier molecular flexibility index (Phi) is 4.17. The number of hydrogen-bond donors (Lipinski definition) is 1. The fourth-order valence-corrected chi connectivity index (χ4v) is 3.82. The lowest BCUT2D eigenvalue weighted by atomic mass is 10.1. The molecule has 3 aromatic rings. The molecule has 1 aliphatic heterocycles. The molecule has 8 nitrogen and oxygen atoms in total. The maximum absolute atomic E-state index is 12.8. The number of hydrogen-bond acceptors (Lipinski definition) is 6. The monoisotopic (exact) mass is 423 g/mol. The van der Waals surface area contributed by atoms with Crippen LogP contribution in [-0.4, -0.2) is 40.7 Å². The van der Waals surface area contributed by atoms with Crippen LogP contribution in [-0.2, 0) is 16.4 Å². The minimum Gasteiger partial charge on any atom is -0.287 e. The van der Waals surface area contributed by atoms with Crippen LogP contribution in [0.3, 0.4) is 0 Å².